The van der Waals surface area contributed by atoms with Gasteiger partial charge in [-0.1, -0.05) is 6.92 Å². The molecule has 1 aliphatic heterocycles. The molecule has 1 N–H and O–H groups in total. The Morgan fingerprint density at radius 3 is 2.31 bits per heavy atom. The fraction of sp³-hybridized carbons (Fsp3) is 1.00. The monoisotopic (exact) mass is 207 g/mol. The van der Waals surface area contributed by atoms with E-state index in [2.05, 4.69) is 29.1 Å². The average molecular weight is 208 g/mol. The molecule has 0 aromatic carbocycles. The predicted octanol–water partition coefficient (Wildman–Crippen LogP) is 0.265. The highest BCUT2D eigenvalue weighted by atomic mass is 35.5. The van der Waals surface area contributed by atoms with E-state index in [-0.39, 0.29) is 12.4 Å². The number of likely N-dealkylation sites (N-methyl/N-ethyl adjacent to an activating group) is 2. The summed E-state index contributed by atoms with van der Waals surface area (Å²) in [7, 11) is 2.20. The minimum atomic E-state index is 0. The van der Waals surface area contributed by atoms with E-state index in [9.17, 15) is 0 Å². The number of rotatable bonds is 4. The average Bonchev–Trinajstić information content (AvgIpc) is 2.09. The third-order valence-electron chi connectivity index (χ3n) is 2.45. The minimum Gasteiger partial charge on any atom is -0.316 e. The van der Waals surface area contributed by atoms with Crippen LogP contribution in [0.4, 0.5) is 0 Å². The second-order valence-corrected chi connectivity index (χ2v) is 3.50. The third-order valence-corrected chi connectivity index (χ3v) is 2.45. The van der Waals surface area contributed by atoms with Crippen molar-refractivity contribution in [2.75, 3.05) is 52.9 Å². The van der Waals surface area contributed by atoms with Crippen LogP contribution in [0.5, 0.6) is 0 Å². The molecule has 0 amide bonds. The Hall–Kier alpha value is 0.170. The standard InChI is InChI=1S/C9H21N3.ClH/c1-3-10-4-5-12-8-6-11(2)7-9-12;/h10H,3-9H2,1-2H3;1H. The topological polar surface area (TPSA) is 18.5 Å². The fourth-order valence-electron chi connectivity index (χ4n) is 1.49. The summed E-state index contributed by atoms with van der Waals surface area (Å²) in [5, 5.41) is 3.35. The van der Waals surface area contributed by atoms with Crippen molar-refractivity contribution in [2.24, 2.45) is 0 Å². The van der Waals surface area contributed by atoms with Gasteiger partial charge in [-0.2, -0.15) is 0 Å². The van der Waals surface area contributed by atoms with Gasteiger partial charge in [0.1, 0.15) is 0 Å². The van der Waals surface area contributed by atoms with Gasteiger partial charge in [-0.05, 0) is 13.6 Å². The van der Waals surface area contributed by atoms with Crippen LogP contribution in [-0.2, 0) is 0 Å². The first kappa shape index (κ1) is 13.2. The Morgan fingerprint density at radius 1 is 1.15 bits per heavy atom. The zero-order valence-corrected chi connectivity index (χ0v) is 9.57. The van der Waals surface area contributed by atoms with Gasteiger partial charge in [0.2, 0.25) is 0 Å². The first-order valence-corrected chi connectivity index (χ1v) is 4.94. The molecule has 1 rings (SSSR count). The molecule has 0 atom stereocenters. The second kappa shape index (κ2) is 7.56. The first-order valence-electron chi connectivity index (χ1n) is 4.94. The SMILES string of the molecule is CCNCCN1CCN(C)CC1.Cl. The maximum Gasteiger partial charge on any atom is 0.0110 e. The van der Waals surface area contributed by atoms with Crippen molar-refractivity contribution in [3.8, 4) is 0 Å². The predicted molar refractivity (Wildman–Crippen MR) is 59.7 cm³/mol. The summed E-state index contributed by atoms with van der Waals surface area (Å²) in [6.45, 7) is 10.5. The smallest absolute Gasteiger partial charge is 0.0110 e. The van der Waals surface area contributed by atoms with Gasteiger partial charge in [-0.3, -0.25) is 4.90 Å². The highest BCUT2D eigenvalue weighted by molar-refractivity contribution is 5.85. The fourth-order valence-corrected chi connectivity index (χ4v) is 1.49. The van der Waals surface area contributed by atoms with Crippen LogP contribution in [0.15, 0.2) is 0 Å². The van der Waals surface area contributed by atoms with Gasteiger partial charge in [0, 0.05) is 39.3 Å². The third kappa shape index (κ3) is 5.47. The number of halogens is 1. The zero-order valence-electron chi connectivity index (χ0n) is 8.75. The van der Waals surface area contributed by atoms with Gasteiger partial charge in [0.25, 0.3) is 0 Å². The van der Waals surface area contributed by atoms with Crippen LogP contribution in [-0.4, -0.2) is 62.7 Å². The van der Waals surface area contributed by atoms with Crippen LogP contribution in [0.1, 0.15) is 6.92 Å². The van der Waals surface area contributed by atoms with Crippen LogP contribution in [0, 0.1) is 0 Å². The molecule has 0 bridgehead atoms. The Labute approximate surface area is 87.9 Å². The molecule has 0 aromatic rings. The lowest BCUT2D eigenvalue weighted by molar-refractivity contribution is 0.155. The molecule has 0 aliphatic carbocycles. The normalized spacial score (nSPS) is 19.8. The maximum atomic E-state index is 3.35. The molecule has 0 saturated carbocycles. The molecular formula is C9H22ClN3. The van der Waals surface area contributed by atoms with E-state index < -0.39 is 0 Å². The van der Waals surface area contributed by atoms with Gasteiger partial charge >= 0.3 is 0 Å². The molecule has 80 valence electrons. The molecule has 0 unspecified atom stereocenters. The second-order valence-electron chi connectivity index (χ2n) is 3.50. The van der Waals surface area contributed by atoms with E-state index in [1.54, 1.807) is 0 Å². The van der Waals surface area contributed by atoms with Crippen LogP contribution in [0.3, 0.4) is 0 Å². The molecule has 0 radical (unpaired) electrons. The Kier molecular flexibility index (Phi) is 7.66. The molecule has 1 fully saturated rings. The Bertz CT molecular complexity index is 113. The first-order chi connectivity index (χ1) is 5.83. The van der Waals surface area contributed by atoms with Gasteiger partial charge in [-0.25, -0.2) is 0 Å². The summed E-state index contributed by atoms with van der Waals surface area (Å²) in [6.07, 6.45) is 0. The highest BCUT2D eigenvalue weighted by Crippen LogP contribution is 1.97. The molecular weight excluding hydrogens is 186 g/mol. The van der Waals surface area contributed by atoms with Gasteiger partial charge in [0.05, 0.1) is 0 Å². The molecule has 13 heavy (non-hydrogen) atoms. The molecule has 1 heterocycles. The zero-order chi connectivity index (χ0) is 8.81. The number of piperazine rings is 1. The van der Waals surface area contributed by atoms with E-state index in [4.69, 9.17) is 0 Å². The van der Waals surface area contributed by atoms with Crippen LogP contribution in [0.2, 0.25) is 0 Å². The van der Waals surface area contributed by atoms with Crippen molar-refractivity contribution >= 4 is 12.4 Å². The quantitative estimate of drug-likeness (QED) is 0.668. The highest BCUT2D eigenvalue weighted by Gasteiger charge is 2.12. The number of hydrogen-bond donors (Lipinski definition) is 1. The molecule has 3 nitrogen and oxygen atoms in total. The summed E-state index contributed by atoms with van der Waals surface area (Å²) in [5.41, 5.74) is 0. The lowest BCUT2D eigenvalue weighted by Crippen LogP contribution is -2.46. The van der Waals surface area contributed by atoms with Crippen molar-refractivity contribution in [3.63, 3.8) is 0 Å². The summed E-state index contributed by atoms with van der Waals surface area (Å²) < 4.78 is 0. The van der Waals surface area contributed by atoms with E-state index in [0.29, 0.717) is 0 Å². The van der Waals surface area contributed by atoms with Gasteiger partial charge < -0.3 is 10.2 Å². The summed E-state index contributed by atoms with van der Waals surface area (Å²) in [4.78, 5) is 4.92. The largest absolute Gasteiger partial charge is 0.316 e. The lowest BCUT2D eigenvalue weighted by Gasteiger charge is -2.32. The molecule has 1 saturated heterocycles. The van der Waals surface area contributed by atoms with Gasteiger partial charge in [0.15, 0.2) is 0 Å². The summed E-state index contributed by atoms with van der Waals surface area (Å²) in [5.74, 6) is 0. The van der Waals surface area contributed by atoms with Crippen molar-refractivity contribution in [3.05, 3.63) is 0 Å². The minimum absolute atomic E-state index is 0. The van der Waals surface area contributed by atoms with E-state index in [0.717, 1.165) is 13.1 Å². The number of nitrogens with one attached hydrogen (secondary N) is 1. The van der Waals surface area contributed by atoms with Crippen molar-refractivity contribution in [1.29, 1.82) is 0 Å². The van der Waals surface area contributed by atoms with Gasteiger partial charge in [-0.15, -0.1) is 12.4 Å². The van der Waals surface area contributed by atoms with Crippen LogP contribution >= 0.6 is 12.4 Å². The van der Waals surface area contributed by atoms with E-state index >= 15 is 0 Å². The van der Waals surface area contributed by atoms with E-state index in [1.165, 1.54) is 32.7 Å². The molecule has 0 spiro atoms. The summed E-state index contributed by atoms with van der Waals surface area (Å²) >= 11 is 0. The van der Waals surface area contributed by atoms with Crippen molar-refractivity contribution in [1.82, 2.24) is 15.1 Å². The molecule has 0 aromatic heterocycles. The van der Waals surface area contributed by atoms with Crippen molar-refractivity contribution < 1.29 is 0 Å². The molecule has 4 heteroatoms. The Morgan fingerprint density at radius 2 is 1.77 bits per heavy atom. The van der Waals surface area contributed by atoms with Crippen LogP contribution < -0.4 is 5.32 Å². The Balaban J connectivity index is 0.00000144. The summed E-state index contributed by atoms with van der Waals surface area (Å²) in [6, 6.07) is 0. The number of nitrogens with zero attached hydrogens (tertiary/aromatic N) is 2. The maximum absolute atomic E-state index is 3.35. The van der Waals surface area contributed by atoms with Crippen LogP contribution in [0.25, 0.3) is 0 Å². The van der Waals surface area contributed by atoms with E-state index in [1.807, 2.05) is 0 Å². The lowest BCUT2D eigenvalue weighted by atomic mass is 10.3. The van der Waals surface area contributed by atoms with Crippen molar-refractivity contribution in [2.45, 2.75) is 6.92 Å². The number of hydrogen-bond acceptors (Lipinski definition) is 3. The molecule has 1 aliphatic rings.